The Balaban J connectivity index is 1.53. The van der Waals surface area contributed by atoms with Gasteiger partial charge in [0, 0.05) is 17.8 Å². The fraction of sp³-hybridized carbons (Fsp3) is 0.440. The number of aryl methyl sites for hydroxylation is 2. The Morgan fingerprint density at radius 2 is 1.88 bits per heavy atom. The summed E-state index contributed by atoms with van der Waals surface area (Å²) in [4.78, 5) is 38.2. The molecule has 0 saturated carbocycles. The molecule has 1 aliphatic rings. The third-order valence-corrected chi connectivity index (χ3v) is 7.53. The maximum atomic E-state index is 13.4. The number of rotatable bonds is 5. The van der Waals surface area contributed by atoms with E-state index in [-0.39, 0.29) is 18.1 Å². The second-order valence-corrected chi connectivity index (χ2v) is 11.6. The minimum atomic E-state index is -0.621. The molecule has 0 unspecified atom stereocenters. The molecule has 0 aliphatic carbocycles. The third kappa shape index (κ3) is 5.50. The van der Waals surface area contributed by atoms with Gasteiger partial charge in [0.25, 0.3) is 0 Å². The molecule has 0 radical (unpaired) electrons. The zero-order valence-electron chi connectivity index (χ0n) is 19.6. The predicted octanol–water partition coefficient (Wildman–Crippen LogP) is 5.79. The van der Waals surface area contributed by atoms with Crippen LogP contribution in [-0.4, -0.2) is 44.9 Å². The van der Waals surface area contributed by atoms with Gasteiger partial charge in [-0.05, 0) is 46.6 Å². The average Bonchev–Trinajstić information content (AvgIpc) is 3.45. The minimum absolute atomic E-state index is 0.00241. The van der Waals surface area contributed by atoms with Gasteiger partial charge < -0.3 is 4.74 Å². The molecule has 2 aromatic heterocycles. The summed E-state index contributed by atoms with van der Waals surface area (Å²) >= 11 is 3.09. The van der Waals surface area contributed by atoms with Crippen LogP contribution in [-0.2, 0) is 16.0 Å². The molecule has 1 amide bonds. The van der Waals surface area contributed by atoms with Gasteiger partial charge in [-0.3, -0.25) is 9.69 Å². The Bertz CT molecular complexity index is 1150. The highest BCUT2D eigenvalue weighted by Gasteiger charge is 2.41. The molecule has 4 rings (SSSR count). The van der Waals surface area contributed by atoms with Gasteiger partial charge in [0.05, 0.1) is 33.7 Å². The fourth-order valence-electron chi connectivity index (χ4n) is 4.16. The summed E-state index contributed by atoms with van der Waals surface area (Å²) in [5.41, 5.74) is 2.33. The van der Waals surface area contributed by atoms with Crippen molar-refractivity contribution in [2.24, 2.45) is 0 Å². The lowest BCUT2D eigenvalue weighted by atomic mass is 9.95. The van der Waals surface area contributed by atoms with Gasteiger partial charge in [0.1, 0.15) is 10.6 Å². The Morgan fingerprint density at radius 1 is 1.15 bits per heavy atom. The average molecular weight is 484 g/mol. The predicted molar refractivity (Wildman–Crippen MR) is 132 cm³/mol. The van der Waals surface area contributed by atoms with Gasteiger partial charge >= 0.3 is 6.09 Å². The molecule has 1 aromatic carbocycles. The number of likely N-dealkylation sites (tertiary alicyclic amines) is 1. The van der Waals surface area contributed by atoms with Crippen LogP contribution in [0.5, 0.6) is 0 Å². The Morgan fingerprint density at radius 3 is 2.52 bits per heavy atom. The van der Waals surface area contributed by atoms with Gasteiger partial charge in [0.15, 0.2) is 5.78 Å². The standard InChI is InChI=1S/C25H29N3O3S2/c1-15-23(33-16(2)26-15)19-14-32-22(27-19)12-21(29)20-11-18(17-9-7-6-8-10-17)13-28(20)24(30)31-25(3,4)5/h6-10,14,18,20H,11-13H2,1-5H3/t18-,20-/m1/s1. The molecule has 1 fully saturated rings. The van der Waals surface area contributed by atoms with Crippen molar-refractivity contribution in [2.45, 2.75) is 65.0 Å². The number of carbonyl (C=O) groups is 2. The van der Waals surface area contributed by atoms with E-state index in [9.17, 15) is 9.59 Å². The summed E-state index contributed by atoms with van der Waals surface area (Å²) < 4.78 is 5.63. The molecule has 33 heavy (non-hydrogen) atoms. The normalized spacial score (nSPS) is 18.5. The molecule has 1 saturated heterocycles. The summed E-state index contributed by atoms with van der Waals surface area (Å²) in [5, 5.41) is 3.74. The van der Waals surface area contributed by atoms with Crippen LogP contribution < -0.4 is 0 Å². The number of hydrogen-bond donors (Lipinski definition) is 0. The van der Waals surface area contributed by atoms with Gasteiger partial charge in [-0.15, -0.1) is 22.7 Å². The van der Waals surface area contributed by atoms with Crippen molar-refractivity contribution in [3.05, 3.63) is 57.0 Å². The molecule has 0 N–H and O–H groups in total. The first-order valence-corrected chi connectivity index (χ1v) is 12.8. The molecule has 3 heterocycles. The maximum absolute atomic E-state index is 13.4. The van der Waals surface area contributed by atoms with Crippen LogP contribution in [0.25, 0.3) is 10.6 Å². The lowest BCUT2D eigenvalue weighted by Crippen LogP contribution is -2.43. The van der Waals surface area contributed by atoms with Crippen LogP contribution in [0.2, 0.25) is 0 Å². The molecule has 2 atom stereocenters. The van der Waals surface area contributed by atoms with Crippen molar-refractivity contribution in [1.82, 2.24) is 14.9 Å². The number of ether oxygens (including phenoxy) is 1. The number of nitrogens with zero attached hydrogens (tertiary/aromatic N) is 3. The summed E-state index contributed by atoms with van der Waals surface area (Å²) in [6.45, 7) is 9.94. The lowest BCUT2D eigenvalue weighted by molar-refractivity contribution is -0.122. The molecule has 8 heteroatoms. The van der Waals surface area contributed by atoms with E-state index in [1.54, 1.807) is 16.2 Å². The first kappa shape index (κ1) is 23.6. The molecule has 3 aromatic rings. The van der Waals surface area contributed by atoms with E-state index in [0.717, 1.165) is 31.8 Å². The van der Waals surface area contributed by atoms with Gasteiger partial charge in [0.2, 0.25) is 0 Å². The second kappa shape index (κ2) is 9.35. The smallest absolute Gasteiger partial charge is 0.410 e. The summed E-state index contributed by atoms with van der Waals surface area (Å²) in [6.07, 6.45) is 0.357. The van der Waals surface area contributed by atoms with E-state index in [2.05, 4.69) is 17.1 Å². The van der Waals surface area contributed by atoms with Crippen LogP contribution in [0.3, 0.4) is 0 Å². The quantitative estimate of drug-likeness (QED) is 0.459. The van der Waals surface area contributed by atoms with Crippen LogP contribution >= 0.6 is 22.7 Å². The highest BCUT2D eigenvalue weighted by Crippen LogP contribution is 2.35. The number of amides is 1. The van der Waals surface area contributed by atoms with Crippen LogP contribution in [0.4, 0.5) is 4.79 Å². The van der Waals surface area contributed by atoms with Crippen molar-refractivity contribution < 1.29 is 14.3 Å². The van der Waals surface area contributed by atoms with E-state index in [1.165, 1.54) is 11.3 Å². The highest BCUT2D eigenvalue weighted by atomic mass is 32.1. The van der Waals surface area contributed by atoms with Crippen LogP contribution in [0, 0.1) is 13.8 Å². The number of carbonyl (C=O) groups excluding carboxylic acids is 2. The van der Waals surface area contributed by atoms with Gasteiger partial charge in [-0.25, -0.2) is 14.8 Å². The molecule has 6 nitrogen and oxygen atoms in total. The van der Waals surface area contributed by atoms with Crippen molar-refractivity contribution >= 4 is 34.6 Å². The van der Waals surface area contributed by atoms with E-state index in [0.29, 0.717) is 13.0 Å². The van der Waals surface area contributed by atoms with Crippen molar-refractivity contribution in [1.29, 1.82) is 0 Å². The van der Waals surface area contributed by atoms with Crippen LogP contribution in [0.1, 0.15) is 54.4 Å². The first-order valence-electron chi connectivity index (χ1n) is 11.1. The number of hydrogen-bond acceptors (Lipinski definition) is 7. The second-order valence-electron chi connectivity index (χ2n) is 9.41. The van der Waals surface area contributed by atoms with Gasteiger partial charge in [-0.2, -0.15) is 0 Å². The van der Waals surface area contributed by atoms with E-state index >= 15 is 0 Å². The van der Waals surface area contributed by atoms with Gasteiger partial charge in [-0.1, -0.05) is 30.3 Å². The van der Waals surface area contributed by atoms with Crippen molar-refractivity contribution in [3.8, 4) is 10.6 Å². The zero-order chi connectivity index (χ0) is 23.8. The highest BCUT2D eigenvalue weighted by molar-refractivity contribution is 7.16. The monoisotopic (exact) mass is 483 g/mol. The largest absolute Gasteiger partial charge is 0.444 e. The van der Waals surface area contributed by atoms with Crippen molar-refractivity contribution in [3.63, 3.8) is 0 Å². The summed E-state index contributed by atoms with van der Waals surface area (Å²) in [7, 11) is 0. The SMILES string of the molecule is Cc1nc(C)c(-c2csc(CC(=O)[C@H]3C[C@@H](c4ccccc4)CN3C(=O)OC(C)(C)C)n2)s1. The molecule has 1 aliphatic heterocycles. The van der Waals surface area contributed by atoms with E-state index in [1.807, 2.05) is 58.2 Å². The number of thiazole rings is 2. The minimum Gasteiger partial charge on any atom is -0.444 e. The fourth-order valence-corrected chi connectivity index (χ4v) is 5.91. The van der Waals surface area contributed by atoms with Crippen LogP contribution in [0.15, 0.2) is 35.7 Å². The number of ketones is 1. The Hall–Kier alpha value is -2.58. The number of Topliss-reactive ketones (excluding diaryl/α,β-unsaturated/α-hetero) is 1. The summed E-state index contributed by atoms with van der Waals surface area (Å²) in [6, 6.07) is 9.53. The van der Waals surface area contributed by atoms with E-state index < -0.39 is 17.7 Å². The molecular formula is C25H29N3O3S2. The lowest BCUT2D eigenvalue weighted by Gasteiger charge is -2.28. The molecule has 0 spiro atoms. The zero-order valence-corrected chi connectivity index (χ0v) is 21.3. The van der Waals surface area contributed by atoms with E-state index in [4.69, 9.17) is 9.72 Å². The molecule has 0 bridgehead atoms. The van der Waals surface area contributed by atoms with Crippen molar-refractivity contribution in [2.75, 3.05) is 6.54 Å². The Kier molecular flexibility index (Phi) is 6.68. The number of benzene rings is 1. The molecular weight excluding hydrogens is 454 g/mol. The topological polar surface area (TPSA) is 72.4 Å². The number of aromatic nitrogens is 2. The molecule has 174 valence electrons. The third-order valence-electron chi connectivity index (χ3n) is 5.59. The summed E-state index contributed by atoms with van der Waals surface area (Å²) in [5.74, 6) is 0.0970. The first-order chi connectivity index (χ1) is 15.6. The maximum Gasteiger partial charge on any atom is 0.410 e. The Labute approximate surface area is 202 Å².